The van der Waals surface area contributed by atoms with E-state index in [9.17, 15) is 4.79 Å². The molecule has 2 rings (SSSR count). The van der Waals surface area contributed by atoms with Crippen LogP contribution in [0.4, 0.5) is 0 Å². The van der Waals surface area contributed by atoms with E-state index in [0.29, 0.717) is 12.1 Å². The number of aryl methyl sites for hydroxylation is 1. The van der Waals surface area contributed by atoms with E-state index in [0.717, 1.165) is 23.0 Å². The zero-order valence-corrected chi connectivity index (χ0v) is 11.9. The first-order valence-electron chi connectivity index (χ1n) is 6.00. The number of carbonyl (C=O) groups is 1. The van der Waals surface area contributed by atoms with Gasteiger partial charge in [-0.3, -0.25) is 9.48 Å². The second-order valence-electron chi connectivity index (χ2n) is 4.17. The van der Waals surface area contributed by atoms with Crippen molar-refractivity contribution < 1.29 is 4.79 Å². The van der Waals surface area contributed by atoms with Crippen molar-refractivity contribution in [3.05, 3.63) is 52.3 Å². The van der Waals surface area contributed by atoms with Crippen LogP contribution in [-0.4, -0.2) is 15.6 Å². The maximum Gasteiger partial charge on any atom is 0.185 e. The van der Waals surface area contributed by atoms with Gasteiger partial charge < -0.3 is 0 Å². The minimum absolute atomic E-state index is 0.114. The van der Waals surface area contributed by atoms with Gasteiger partial charge >= 0.3 is 0 Å². The molecule has 18 heavy (non-hydrogen) atoms. The van der Waals surface area contributed by atoms with E-state index in [1.165, 1.54) is 0 Å². The fourth-order valence-corrected chi connectivity index (χ4v) is 2.10. The van der Waals surface area contributed by atoms with Crippen molar-refractivity contribution in [3.63, 3.8) is 0 Å². The van der Waals surface area contributed by atoms with Crippen molar-refractivity contribution >= 4 is 21.7 Å². The van der Waals surface area contributed by atoms with Gasteiger partial charge in [0.05, 0.1) is 0 Å². The predicted octanol–water partition coefficient (Wildman–Crippen LogP) is 3.48. The van der Waals surface area contributed by atoms with Gasteiger partial charge in [-0.25, -0.2) is 0 Å². The van der Waals surface area contributed by atoms with E-state index >= 15 is 0 Å². The molecule has 1 aromatic carbocycles. The van der Waals surface area contributed by atoms with Crippen LogP contribution in [0.25, 0.3) is 0 Å². The quantitative estimate of drug-likeness (QED) is 0.793. The molecule has 0 atom stereocenters. The number of carbonyl (C=O) groups excluding carboxylic acids is 1. The largest absolute Gasteiger partial charge is 0.292 e. The summed E-state index contributed by atoms with van der Waals surface area (Å²) >= 11 is 3.38. The summed E-state index contributed by atoms with van der Waals surface area (Å²) in [5.41, 5.74) is 1.72. The molecule has 0 aliphatic heterocycles. The number of aromatic nitrogens is 2. The maximum absolute atomic E-state index is 12.2. The van der Waals surface area contributed by atoms with E-state index < -0.39 is 0 Å². The molecule has 3 nitrogen and oxygen atoms in total. The molecule has 0 spiro atoms. The van der Waals surface area contributed by atoms with Crippen LogP contribution in [0, 0.1) is 0 Å². The van der Waals surface area contributed by atoms with E-state index in [2.05, 4.69) is 28.0 Å². The number of halogens is 1. The first-order chi connectivity index (χ1) is 8.70. The number of hydrogen-bond donors (Lipinski definition) is 0. The summed E-state index contributed by atoms with van der Waals surface area (Å²) in [5.74, 6) is 0.114. The topological polar surface area (TPSA) is 34.9 Å². The summed E-state index contributed by atoms with van der Waals surface area (Å²) in [4.78, 5) is 12.2. The smallest absolute Gasteiger partial charge is 0.185 e. The third-order valence-corrected chi connectivity index (χ3v) is 3.24. The van der Waals surface area contributed by atoms with Crippen LogP contribution in [0.1, 0.15) is 29.4 Å². The fraction of sp³-hybridized carbons (Fsp3) is 0.286. The third-order valence-electron chi connectivity index (χ3n) is 2.72. The molecule has 0 saturated heterocycles. The Morgan fingerprint density at radius 2 is 2.00 bits per heavy atom. The Hall–Kier alpha value is -1.42. The summed E-state index contributed by atoms with van der Waals surface area (Å²) in [6.45, 7) is 2.86. The van der Waals surface area contributed by atoms with Crippen LogP contribution >= 0.6 is 15.9 Å². The highest BCUT2D eigenvalue weighted by atomic mass is 79.9. The maximum atomic E-state index is 12.2. The van der Waals surface area contributed by atoms with E-state index in [1.807, 2.05) is 24.3 Å². The van der Waals surface area contributed by atoms with Gasteiger partial charge in [-0.05, 0) is 30.2 Å². The Morgan fingerprint density at radius 1 is 1.28 bits per heavy atom. The number of hydrogen-bond acceptors (Lipinski definition) is 2. The molecule has 1 aromatic heterocycles. The van der Waals surface area contributed by atoms with Gasteiger partial charge in [0.2, 0.25) is 0 Å². The van der Waals surface area contributed by atoms with Gasteiger partial charge in [0.1, 0.15) is 5.69 Å². The average Bonchev–Trinajstić information content (AvgIpc) is 2.81. The predicted molar refractivity (Wildman–Crippen MR) is 74.7 cm³/mol. The lowest BCUT2D eigenvalue weighted by atomic mass is 10.1. The number of rotatable bonds is 5. The minimum Gasteiger partial charge on any atom is -0.292 e. The molecule has 4 heteroatoms. The molecule has 0 aliphatic carbocycles. The molecule has 0 bridgehead atoms. The molecule has 0 amide bonds. The first kappa shape index (κ1) is 13.0. The molecule has 0 N–H and O–H groups in total. The number of nitrogens with zero attached hydrogens (tertiary/aromatic N) is 2. The normalized spacial score (nSPS) is 10.6. The Balaban J connectivity index is 2.11. The second kappa shape index (κ2) is 5.96. The molecule has 2 aromatic rings. The number of benzene rings is 1. The van der Waals surface area contributed by atoms with Crippen LogP contribution in [0.15, 0.2) is 41.0 Å². The van der Waals surface area contributed by atoms with Crippen molar-refractivity contribution in [3.8, 4) is 0 Å². The minimum atomic E-state index is 0.114. The SMILES string of the molecule is CCCn1nccc1C(=O)Cc1ccc(Br)cc1. The molecular formula is C14H15BrN2O. The highest BCUT2D eigenvalue weighted by molar-refractivity contribution is 9.10. The Morgan fingerprint density at radius 3 is 2.67 bits per heavy atom. The third kappa shape index (κ3) is 3.07. The molecule has 1 heterocycles. The monoisotopic (exact) mass is 306 g/mol. The van der Waals surface area contributed by atoms with Crippen LogP contribution in [0.5, 0.6) is 0 Å². The Bertz CT molecular complexity index is 531. The van der Waals surface area contributed by atoms with Crippen LogP contribution < -0.4 is 0 Å². The lowest BCUT2D eigenvalue weighted by Crippen LogP contribution is -2.12. The summed E-state index contributed by atoms with van der Waals surface area (Å²) in [6.07, 6.45) is 3.08. The summed E-state index contributed by atoms with van der Waals surface area (Å²) < 4.78 is 2.80. The number of ketones is 1. The summed E-state index contributed by atoms with van der Waals surface area (Å²) in [5, 5.41) is 4.17. The molecule has 0 aliphatic rings. The van der Waals surface area contributed by atoms with Crippen LogP contribution in [-0.2, 0) is 13.0 Å². The summed E-state index contributed by atoms with van der Waals surface area (Å²) in [6, 6.07) is 9.61. The highest BCUT2D eigenvalue weighted by Gasteiger charge is 2.12. The lowest BCUT2D eigenvalue weighted by Gasteiger charge is -2.05. The van der Waals surface area contributed by atoms with E-state index in [4.69, 9.17) is 0 Å². The molecular weight excluding hydrogens is 292 g/mol. The summed E-state index contributed by atoms with van der Waals surface area (Å²) in [7, 11) is 0. The lowest BCUT2D eigenvalue weighted by molar-refractivity contribution is 0.0982. The molecule has 94 valence electrons. The second-order valence-corrected chi connectivity index (χ2v) is 5.08. The zero-order chi connectivity index (χ0) is 13.0. The van der Waals surface area contributed by atoms with Crippen LogP contribution in [0.3, 0.4) is 0 Å². The van der Waals surface area contributed by atoms with Gasteiger partial charge in [0.25, 0.3) is 0 Å². The van der Waals surface area contributed by atoms with E-state index in [1.54, 1.807) is 16.9 Å². The molecule has 0 unspecified atom stereocenters. The number of Topliss-reactive ketones (excluding diaryl/α,β-unsaturated/α-hetero) is 1. The molecule has 0 saturated carbocycles. The Labute approximate surface area is 115 Å². The van der Waals surface area contributed by atoms with Gasteiger partial charge in [-0.1, -0.05) is 35.0 Å². The molecule has 0 radical (unpaired) electrons. The van der Waals surface area contributed by atoms with Crippen molar-refractivity contribution in [1.82, 2.24) is 9.78 Å². The zero-order valence-electron chi connectivity index (χ0n) is 10.3. The average molecular weight is 307 g/mol. The van der Waals surface area contributed by atoms with Crippen molar-refractivity contribution in [2.75, 3.05) is 0 Å². The van der Waals surface area contributed by atoms with Crippen molar-refractivity contribution in [1.29, 1.82) is 0 Å². The van der Waals surface area contributed by atoms with Crippen molar-refractivity contribution in [2.24, 2.45) is 0 Å². The van der Waals surface area contributed by atoms with Gasteiger partial charge in [0.15, 0.2) is 5.78 Å². The van der Waals surface area contributed by atoms with Crippen LogP contribution in [0.2, 0.25) is 0 Å². The fourth-order valence-electron chi connectivity index (χ4n) is 1.84. The van der Waals surface area contributed by atoms with Gasteiger partial charge in [-0.15, -0.1) is 0 Å². The van der Waals surface area contributed by atoms with Crippen molar-refractivity contribution in [2.45, 2.75) is 26.3 Å². The molecule has 0 fully saturated rings. The van der Waals surface area contributed by atoms with Gasteiger partial charge in [0, 0.05) is 23.6 Å². The van der Waals surface area contributed by atoms with Gasteiger partial charge in [-0.2, -0.15) is 5.10 Å². The highest BCUT2D eigenvalue weighted by Crippen LogP contribution is 2.13. The Kier molecular flexibility index (Phi) is 4.31. The first-order valence-corrected chi connectivity index (χ1v) is 6.79. The standard InChI is InChI=1S/C14H15BrN2O/c1-2-9-17-13(7-8-16-17)14(18)10-11-3-5-12(15)6-4-11/h3-8H,2,9-10H2,1H3. The van der Waals surface area contributed by atoms with E-state index in [-0.39, 0.29) is 5.78 Å².